The molecule has 2 aromatic heterocycles. The number of nitrogens with zero attached hydrogens (tertiary/aromatic N) is 5. The molecule has 1 saturated heterocycles. The number of hydrogen-bond donors (Lipinski definition) is 2. The highest BCUT2D eigenvalue weighted by Gasteiger charge is 2.39. The molecule has 0 aromatic carbocycles. The number of pyridine rings is 1. The quantitative estimate of drug-likeness (QED) is 0.449. The molecule has 4 atom stereocenters. The Morgan fingerprint density at radius 1 is 1.29 bits per heavy atom. The molecule has 1 aliphatic carbocycles. The zero-order valence-electron chi connectivity index (χ0n) is 18.7. The summed E-state index contributed by atoms with van der Waals surface area (Å²) >= 11 is 0. The van der Waals surface area contributed by atoms with Gasteiger partial charge in [-0.15, -0.1) is 0 Å². The number of rotatable bonds is 6. The molecule has 5 heterocycles. The summed E-state index contributed by atoms with van der Waals surface area (Å²) in [4.78, 5) is 22.2. The first-order valence-corrected chi connectivity index (χ1v) is 11.2. The number of fused-ring (bicyclic) bond motifs is 2. The van der Waals surface area contributed by atoms with Crippen molar-refractivity contribution in [3.05, 3.63) is 42.4 Å². The molecule has 34 heavy (non-hydrogen) atoms. The molecule has 4 aliphatic rings. The molecule has 0 spiro atoms. The van der Waals surface area contributed by atoms with E-state index in [1.165, 1.54) is 6.20 Å². The fourth-order valence-corrected chi connectivity index (χ4v) is 4.54. The first kappa shape index (κ1) is 21.0. The van der Waals surface area contributed by atoms with Gasteiger partial charge in [0.25, 0.3) is 5.91 Å². The van der Waals surface area contributed by atoms with Gasteiger partial charge in [0.15, 0.2) is 5.65 Å². The Labute approximate surface area is 194 Å². The molecule has 2 aromatic rings. The predicted octanol–water partition coefficient (Wildman–Crippen LogP) is 2.17. The minimum Gasteiger partial charge on any atom is -0.377 e. The number of aromatic nitrogens is 5. The molecule has 1 amide bonds. The Hall–Kier alpha value is -3.57. The van der Waals surface area contributed by atoms with Crippen LogP contribution in [-0.2, 0) is 9.47 Å². The fraction of sp³-hybridized carbons (Fsp3) is 0.391. The zero-order chi connectivity index (χ0) is 23.4. The highest BCUT2D eigenvalue weighted by molar-refractivity contribution is 6.00. The van der Waals surface area contributed by atoms with E-state index in [0.29, 0.717) is 42.4 Å². The highest BCUT2D eigenvalue weighted by Crippen LogP contribution is 2.37. The third-order valence-corrected chi connectivity index (χ3v) is 6.54. The molecule has 2 N–H and O–H groups in total. The summed E-state index contributed by atoms with van der Waals surface area (Å²) in [6.07, 6.45) is 4.52. The lowest BCUT2D eigenvalue weighted by atomic mass is 10.1. The van der Waals surface area contributed by atoms with E-state index < -0.39 is 12.2 Å². The van der Waals surface area contributed by atoms with Crippen molar-refractivity contribution in [1.82, 2.24) is 29.5 Å². The van der Waals surface area contributed by atoms with E-state index >= 15 is 0 Å². The van der Waals surface area contributed by atoms with Gasteiger partial charge in [0.2, 0.25) is 0 Å². The van der Waals surface area contributed by atoms with Crippen molar-refractivity contribution in [1.29, 1.82) is 0 Å². The first-order chi connectivity index (χ1) is 16.6. The Kier molecular flexibility index (Phi) is 4.96. The summed E-state index contributed by atoms with van der Waals surface area (Å²) in [5.74, 6) is 1.08. The number of alkyl halides is 1. The molecule has 1 saturated carbocycles. The van der Waals surface area contributed by atoms with Crippen LogP contribution in [0.3, 0.4) is 0 Å². The van der Waals surface area contributed by atoms with E-state index in [4.69, 9.17) is 19.4 Å². The number of anilines is 1. The Morgan fingerprint density at radius 2 is 2.15 bits per heavy atom. The number of halogens is 1. The van der Waals surface area contributed by atoms with Gasteiger partial charge in [-0.05, 0) is 12.1 Å². The second-order valence-electron chi connectivity index (χ2n) is 8.61. The minimum absolute atomic E-state index is 0.0200. The van der Waals surface area contributed by atoms with Crippen molar-refractivity contribution < 1.29 is 18.7 Å². The number of nitrogens with one attached hydrogen (secondary N) is 2. The normalized spacial score (nSPS) is 24.1. The second-order valence-corrected chi connectivity index (χ2v) is 8.61. The van der Waals surface area contributed by atoms with E-state index in [9.17, 15) is 9.18 Å². The molecule has 10 nitrogen and oxygen atoms in total. The molecule has 0 bridgehead atoms. The molecular weight excluding hydrogens is 441 g/mol. The van der Waals surface area contributed by atoms with Crippen LogP contribution in [0.5, 0.6) is 0 Å². The topological polar surface area (TPSA) is 108 Å². The van der Waals surface area contributed by atoms with Crippen molar-refractivity contribution in [2.75, 3.05) is 32.7 Å². The van der Waals surface area contributed by atoms with Gasteiger partial charge < -0.3 is 24.7 Å². The van der Waals surface area contributed by atoms with Gasteiger partial charge in [0, 0.05) is 50.2 Å². The lowest BCUT2D eigenvalue weighted by Gasteiger charge is -2.22. The van der Waals surface area contributed by atoms with Gasteiger partial charge in [0.05, 0.1) is 37.2 Å². The summed E-state index contributed by atoms with van der Waals surface area (Å²) in [7, 11) is 3.46. The molecule has 0 unspecified atom stereocenters. The SMILES string of the molecule is CNc1cc(-c2cnc3n([C@H]4COC[C@@H]4OC)cccc2-3)nc2c(C(=O)N[C@@H]3C[C@@H]3F)cnn12. The van der Waals surface area contributed by atoms with Gasteiger partial charge >= 0.3 is 0 Å². The standard InChI is InChI=1S/C23H24FN7O3/c1-25-20-7-16(28-22-14(9-27-31(20)22)23(32)29-17-6-15(17)24)13-8-26-21-12(13)4-3-5-30(21)18-10-34-11-19(18)33-2/h3-5,7-9,15,17-19,25H,6,10-11H2,1-2H3,(H,29,32)/t15-,17+,18-,19-/m0/s1. The molecule has 6 rings (SSSR count). The third kappa shape index (κ3) is 3.31. The number of ether oxygens (including phenoxy) is 2. The average Bonchev–Trinajstić information content (AvgIpc) is 3.30. The van der Waals surface area contributed by atoms with Crippen LogP contribution in [0.25, 0.3) is 28.3 Å². The molecule has 2 fully saturated rings. The summed E-state index contributed by atoms with van der Waals surface area (Å²) in [6.45, 7) is 1.09. The Bertz CT molecular complexity index is 1350. The van der Waals surface area contributed by atoms with Crippen LogP contribution in [0, 0.1) is 0 Å². The van der Waals surface area contributed by atoms with Crippen molar-refractivity contribution >= 4 is 17.4 Å². The van der Waals surface area contributed by atoms with E-state index in [0.717, 1.165) is 17.0 Å². The number of hydrogen-bond acceptors (Lipinski definition) is 7. The summed E-state index contributed by atoms with van der Waals surface area (Å²) < 4.78 is 28.2. The van der Waals surface area contributed by atoms with E-state index in [-0.39, 0.29) is 18.1 Å². The van der Waals surface area contributed by atoms with Crippen LogP contribution >= 0.6 is 0 Å². The second kappa shape index (κ2) is 8.03. The summed E-state index contributed by atoms with van der Waals surface area (Å²) in [5, 5.41) is 10.1. The lowest BCUT2D eigenvalue weighted by molar-refractivity contribution is 0.0686. The van der Waals surface area contributed by atoms with Gasteiger partial charge in [-0.25, -0.2) is 14.4 Å². The van der Waals surface area contributed by atoms with Crippen molar-refractivity contribution in [3.8, 4) is 22.6 Å². The number of carbonyl (C=O) groups excluding carboxylic acids is 1. The van der Waals surface area contributed by atoms with Crippen LogP contribution in [0.4, 0.5) is 10.2 Å². The predicted molar refractivity (Wildman–Crippen MR) is 122 cm³/mol. The smallest absolute Gasteiger partial charge is 0.257 e. The van der Waals surface area contributed by atoms with Crippen LogP contribution in [0.1, 0.15) is 22.8 Å². The van der Waals surface area contributed by atoms with Crippen molar-refractivity contribution in [2.24, 2.45) is 0 Å². The first-order valence-electron chi connectivity index (χ1n) is 11.2. The molecule has 3 aliphatic heterocycles. The highest BCUT2D eigenvalue weighted by atomic mass is 19.1. The minimum atomic E-state index is -0.987. The van der Waals surface area contributed by atoms with Crippen LogP contribution in [-0.4, -0.2) is 75.7 Å². The maximum absolute atomic E-state index is 13.3. The third-order valence-electron chi connectivity index (χ3n) is 6.54. The van der Waals surface area contributed by atoms with Crippen LogP contribution in [0.2, 0.25) is 0 Å². The maximum Gasteiger partial charge on any atom is 0.257 e. The summed E-state index contributed by atoms with van der Waals surface area (Å²) in [6, 6.07) is 5.41. The number of amides is 1. The zero-order valence-corrected chi connectivity index (χ0v) is 18.7. The van der Waals surface area contributed by atoms with Crippen molar-refractivity contribution in [2.45, 2.75) is 30.8 Å². The van der Waals surface area contributed by atoms with Crippen molar-refractivity contribution in [3.63, 3.8) is 0 Å². The van der Waals surface area contributed by atoms with Gasteiger partial charge in [-0.3, -0.25) is 4.79 Å². The molecule has 0 radical (unpaired) electrons. The van der Waals surface area contributed by atoms with Gasteiger partial charge in [0.1, 0.15) is 29.5 Å². The van der Waals surface area contributed by atoms with Gasteiger partial charge in [-0.1, -0.05) is 0 Å². The van der Waals surface area contributed by atoms with Gasteiger partial charge in [-0.2, -0.15) is 9.61 Å². The maximum atomic E-state index is 13.3. The van der Waals surface area contributed by atoms with Crippen LogP contribution < -0.4 is 10.6 Å². The van der Waals surface area contributed by atoms with E-state index in [1.807, 2.05) is 24.4 Å². The van der Waals surface area contributed by atoms with E-state index in [1.54, 1.807) is 24.9 Å². The molecule has 176 valence electrons. The lowest BCUT2D eigenvalue weighted by Crippen LogP contribution is -2.27. The largest absolute Gasteiger partial charge is 0.377 e. The molecular formula is C23H24FN7O3. The number of carbonyl (C=O) groups is 1. The fourth-order valence-electron chi connectivity index (χ4n) is 4.54. The Morgan fingerprint density at radius 3 is 2.91 bits per heavy atom. The Balaban J connectivity index is 1.41. The molecule has 11 heteroatoms. The summed E-state index contributed by atoms with van der Waals surface area (Å²) in [5.41, 5.74) is 3.08. The van der Waals surface area contributed by atoms with E-state index in [2.05, 4.69) is 20.3 Å². The number of methoxy groups -OCH3 is 1. The van der Waals surface area contributed by atoms with Crippen LogP contribution in [0.15, 0.2) is 36.8 Å². The monoisotopic (exact) mass is 465 g/mol. The average molecular weight is 465 g/mol.